The molecule has 3 aliphatic rings. The van der Waals surface area contributed by atoms with E-state index in [1.165, 1.54) is 42.2 Å². The lowest BCUT2D eigenvalue weighted by atomic mass is 9.75. The maximum Gasteiger partial charge on any atom is 0.417 e. The fourth-order valence-corrected chi connectivity index (χ4v) is 7.08. The molecule has 1 aliphatic carbocycles. The van der Waals surface area contributed by atoms with Crippen LogP contribution in [-0.2, 0) is 20.8 Å². The Morgan fingerprint density at radius 2 is 1.89 bits per heavy atom. The number of nitriles is 1. The van der Waals surface area contributed by atoms with Crippen LogP contribution >= 0.6 is 12.2 Å². The van der Waals surface area contributed by atoms with E-state index in [0.29, 0.717) is 19.3 Å². The Morgan fingerprint density at radius 3 is 2.46 bits per heavy atom. The van der Waals surface area contributed by atoms with Crippen molar-refractivity contribution in [2.75, 3.05) is 15.6 Å². The minimum absolute atomic E-state index is 0.0544. The number of rotatable bonds is 3. The number of thiocarbonyl (C=S) groups is 1. The quantitative estimate of drug-likeness (QED) is 0.577. The zero-order valence-corrected chi connectivity index (χ0v) is 21.0. The molecule has 37 heavy (non-hydrogen) atoms. The van der Waals surface area contributed by atoms with Crippen LogP contribution < -0.4 is 14.5 Å². The molecular formula is C24H20F3N3O5S2. The molecule has 1 saturated carbocycles. The van der Waals surface area contributed by atoms with Crippen LogP contribution in [0.5, 0.6) is 5.75 Å². The van der Waals surface area contributed by atoms with Gasteiger partial charge in [-0.05, 0) is 74.8 Å². The first-order chi connectivity index (χ1) is 17.3. The van der Waals surface area contributed by atoms with Gasteiger partial charge in [0.1, 0.15) is 22.3 Å². The second-order valence-electron chi connectivity index (χ2n) is 9.29. The van der Waals surface area contributed by atoms with Crippen LogP contribution in [0.1, 0.15) is 37.3 Å². The van der Waals surface area contributed by atoms with E-state index in [0.717, 1.165) is 17.0 Å². The van der Waals surface area contributed by atoms with Gasteiger partial charge in [0.15, 0.2) is 14.9 Å². The van der Waals surface area contributed by atoms with Crippen LogP contribution in [0.4, 0.5) is 24.5 Å². The predicted octanol–water partition coefficient (Wildman–Crippen LogP) is 3.55. The summed E-state index contributed by atoms with van der Waals surface area (Å²) in [5.74, 6) is -0.904. The number of carbonyl (C=O) groups excluding carboxylic acids is 1. The Morgan fingerprint density at radius 1 is 1.22 bits per heavy atom. The summed E-state index contributed by atoms with van der Waals surface area (Å²) in [7, 11) is -3.85. The second-order valence-corrected chi connectivity index (χ2v) is 11.7. The molecule has 0 bridgehead atoms. The number of fused-ring (bicyclic) bond motifs is 1. The topological polar surface area (TPSA) is 111 Å². The highest BCUT2D eigenvalue weighted by Crippen LogP contribution is 2.49. The van der Waals surface area contributed by atoms with Crippen LogP contribution in [0.25, 0.3) is 0 Å². The van der Waals surface area contributed by atoms with Crippen LogP contribution in [0.3, 0.4) is 0 Å². The number of nitrogens with zero attached hydrogens (tertiary/aromatic N) is 3. The van der Waals surface area contributed by atoms with Gasteiger partial charge in [-0.15, -0.1) is 0 Å². The van der Waals surface area contributed by atoms with Gasteiger partial charge in [-0.25, -0.2) is 8.42 Å². The molecular weight excluding hydrogens is 531 g/mol. The summed E-state index contributed by atoms with van der Waals surface area (Å²) in [4.78, 5) is 16.0. The van der Waals surface area contributed by atoms with E-state index in [-0.39, 0.29) is 27.1 Å². The maximum absolute atomic E-state index is 13.6. The molecule has 2 aliphatic heterocycles. The lowest BCUT2D eigenvalue weighted by molar-refractivity contribution is -0.137. The molecule has 8 nitrogen and oxygen atoms in total. The fourth-order valence-electron chi connectivity index (χ4n) is 4.93. The molecule has 1 amide bonds. The molecule has 2 fully saturated rings. The van der Waals surface area contributed by atoms with Gasteiger partial charge in [-0.2, -0.15) is 18.4 Å². The van der Waals surface area contributed by atoms with Crippen LogP contribution in [0.2, 0.25) is 0 Å². The average molecular weight is 552 g/mol. The van der Waals surface area contributed by atoms with Crippen LogP contribution in [-0.4, -0.2) is 48.0 Å². The maximum atomic E-state index is 13.6. The monoisotopic (exact) mass is 551 g/mol. The average Bonchev–Trinajstić information content (AvgIpc) is 3.04. The van der Waals surface area contributed by atoms with Crippen molar-refractivity contribution >= 4 is 44.4 Å². The number of amides is 1. The van der Waals surface area contributed by atoms with Crippen molar-refractivity contribution in [2.45, 2.75) is 55.0 Å². The predicted molar refractivity (Wildman–Crippen MR) is 130 cm³/mol. The van der Waals surface area contributed by atoms with Gasteiger partial charge in [-0.1, -0.05) is 0 Å². The molecule has 2 heterocycles. The SMILES string of the molecule is CC(O)[C@@H]1CS(=O)(=O)c2cc(N3C(=S)N(c4ccc(C#N)c(C(F)(F)F)c4)C(=O)C34CCC4)ccc2O1. The zero-order valence-electron chi connectivity index (χ0n) is 19.3. The highest BCUT2D eigenvalue weighted by molar-refractivity contribution is 7.91. The summed E-state index contributed by atoms with van der Waals surface area (Å²) in [5, 5.41) is 18.8. The first kappa shape index (κ1) is 25.4. The minimum atomic E-state index is -4.82. The van der Waals surface area contributed by atoms with Crippen molar-refractivity contribution in [2.24, 2.45) is 0 Å². The molecule has 5 rings (SSSR count). The molecule has 13 heteroatoms. The number of hydrogen-bond acceptors (Lipinski definition) is 7. The van der Waals surface area contributed by atoms with Crippen molar-refractivity contribution in [3.05, 3.63) is 47.5 Å². The molecule has 194 valence electrons. The van der Waals surface area contributed by atoms with Crippen molar-refractivity contribution in [3.63, 3.8) is 0 Å². The zero-order chi connectivity index (χ0) is 26.9. The van der Waals surface area contributed by atoms with Crippen LogP contribution in [0, 0.1) is 11.3 Å². The molecule has 2 aromatic rings. The lowest BCUT2D eigenvalue weighted by Crippen LogP contribution is -2.55. The van der Waals surface area contributed by atoms with E-state index in [2.05, 4.69) is 0 Å². The Hall–Kier alpha value is -3.21. The fraction of sp³-hybridized carbons (Fsp3) is 0.375. The minimum Gasteiger partial charge on any atom is -0.485 e. The molecule has 0 radical (unpaired) electrons. The van der Waals surface area contributed by atoms with Gasteiger partial charge in [0.2, 0.25) is 0 Å². The number of sulfone groups is 1. The summed E-state index contributed by atoms with van der Waals surface area (Å²) >= 11 is 5.59. The number of carbonyl (C=O) groups is 1. The van der Waals surface area contributed by atoms with Gasteiger partial charge in [0.25, 0.3) is 5.91 Å². The lowest BCUT2D eigenvalue weighted by Gasteiger charge is -2.43. The van der Waals surface area contributed by atoms with Crippen molar-refractivity contribution < 1.29 is 36.2 Å². The molecule has 1 unspecified atom stereocenters. The normalized spacial score (nSPS) is 22.8. The second kappa shape index (κ2) is 8.41. The van der Waals surface area contributed by atoms with E-state index in [9.17, 15) is 31.5 Å². The van der Waals surface area contributed by atoms with E-state index in [4.69, 9.17) is 22.2 Å². The largest absolute Gasteiger partial charge is 0.485 e. The number of anilines is 2. The molecule has 0 aromatic heterocycles. The third-order valence-corrected chi connectivity index (χ3v) is 9.12. The van der Waals surface area contributed by atoms with Crippen molar-refractivity contribution in [1.29, 1.82) is 5.26 Å². The first-order valence-corrected chi connectivity index (χ1v) is 13.4. The molecule has 2 aromatic carbocycles. The molecule has 1 N–H and O–H groups in total. The van der Waals surface area contributed by atoms with Gasteiger partial charge in [0, 0.05) is 5.69 Å². The number of benzene rings is 2. The summed E-state index contributed by atoms with van der Waals surface area (Å²) in [6.07, 6.45) is -5.37. The van der Waals surface area contributed by atoms with E-state index in [1.54, 1.807) is 0 Å². The summed E-state index contributed by atoms with van der Waals surface area (Å²) in [6, 6.07) is 8.74. The van der Waals surface area contributed by atoms with E-state index >= 15 is 0 Å². The van der Waals surface area contributed by atoms with E-state index < -0.39 is 56.5 Å². The summed E-state index contributed by atoms with van der Waals surface area (Å²) in [6.45, 7) is 1.43. The molecule has 1 saturated heterocycles. The summed E-state index contributed by atoms with van der Waals surface area (Å²) < 4.78 is 72.4. The molecule has 1 spiro atoms. The third kappa shape index (κ3) is 3.86. The number of hydrogen-bond donors (Lipinski definition) is 1. The first-order valence-electron chi connectivity index (χ1n) is 11.3. The number of aliphatic hydroxyl groups excluding tert-OH is 1. The number of halogens is 3. The highest BCUT2D eigenvalue weighted by atomic mass is 32.2. The number of ether oxygens (including phenoxy) is 1. The Balaban J connectivity index is 1.59. The third-order valence-electron chi connectivity index (χ3n) is 7.00. The van der Waals surface area contributed by atoms with Gasteiger partial charge < -0.3 is 14.7 Å². The van der Waals surface area contributed by atoms with Crippen molar-refractivity contribution in [1.82, 2.24) is 0 Å². The number of aliphatic hydroxyl groups is 1. The standard InChI is InChI=1S/C24H20F3N3O5S2/c1-13(31)19-12-37(33,34)20-10-16(5-6-18(20)35-19)30-22(36)29(21(32)23(30)7-2-8-23)15-4-3-14(11-28)17(9-15)24(25,26)27/h3-6,9-10,13,19,31H,2,7-8,12H2,1H3/t13?,19-/m0/s1. The van der Waals surface area contributed by atoms with Gasteiger partial charge in [0.05, 0.1) is 34.7 Å². The Kier molecular flexibility index (Phi) is 5.78. The smallest absolute Gasteiger partial charge is 0.417 e. The van der Waals surface area contributed by atoms with Crippen LogP contribution in [0.15, 0.2) is 41.3 Å². The van der Waals surface area contributed by atoms with Gasteiger partial charge in [-0.3, -0.25) is 9.69 Å². The van der Waals surface area contributed by atoms with Crippen molar-refractivity contribution in [3.8, 4) is 11.8 Å². The highest BCUT2D eigenvalue weighted by Gasteiger charge is 2.60. The van der Waals surface area contributed by atoms with E-state index in [1.807, 2.05) is 0 Å². The Bertz CT molecular complexity index is 1480. The summed E-state index contributed by atoms with van der Waals surface area (Å²) in [5.41, 5.74) is -2.79. The molecule has 2 atom stereocenters. The number of alkyl halides is 3. The van der Waals surface area contributed by atoms with Gasteiger partial charge >= 0.3 is 6.18 Å². The Labute approximate surface area is 215 Å².